The highest BCUT2D eigenvalue weighted by Crippen LogP contribution is 2.52. The van der Waals surface area contributed by atoms with Crippen LogP contribution in [0.25, 0.3) is 11.6 Å². The fourth-order valence-electron chi connectivity index (χ4n) is 7.26. The molecule has 2 fully saturated rings. The van der Waals surface area contributed by atoms with Crippen LogP contribution in [0.3, 0.4) is 0 Å². The van der Waals surface area contributed by atoms with Crippen LogP contribution in [0, 0.1) is 23.7 Å². The lowest BCUT2D eigenvalue weighted by Crippen LogP contribution is -2.46. The number of anilines is 1. The van der Waals surface area contributed by atoms with Crippen LogP contribution in [0.15, 0.2) is 78.0 Å². The number of aromatic hydroxyl groups is 1. The highest BCUT2D eigenvalue weighted by atomic mass is 35.5. The minimum absolute atomic E-state index is 0.0677. The molecular weight excluding hydrogens is 605 g/mol. The maximum atomic E-state index is 14.1. The third kappa shape index (κ3) is 6.18. The van der Waals surface area contributed by atoms with Crippen molar-refractivity contribution in [3.8, 4) is 5.75 Å². The molecular formula is C34H35B2ClN2O7. The molecule has 2 saturated heterocycles. The van der Waals surface area contributed by atoms with Crippen LogP contribution < -0.4 is 10.4 Å². The fourth-order valence-corrected chi connectivity index (χ4v) is 7.49. The molecule has 1 aromatic heterocycles. The Bertz CT molecular complexity index is 1710. The number of nitrogens with zero attached hydrogens (tertiary/aromatic N) is 2. The van der Waals surface area contributed by atoms with Gasteiger partial charge in [0.05, 0.1) is 34.3 Å². The van der Waals surface area contributed by atoms with Gasteiger partial charge in [-0.15, -0.1) is 0 Å². The van der Waals surface area contributed by atoms with Crippen LogP contribution >= 0.6 is 11.6 Å². The number of hydrogen-bond acceptors (Lipinski definition) is 8. The van der Waals surface area contributed by atoms with Gasteiger partial charge in [-0.05, 0) is 108 Å². The molecule has 2 aromatic carbocycles. The van der Waals surface area contributed by atoms with Gasteiger partial charge in [0.15, 0.2) is 0 Å². The lowest BCUT2D eigenvalue weighted by atomic mass is 9.57. The average molecular weight is 641 g/mol. The molecule has 12 heteroatoms. The number of hydrogen-bond donors (Lipinski definition) is 4. The number of phenols is 1. The molecule has 46 heavy (non-hydrogen) atoms. The fraction of sp³-hybridized carbons (Fsp3) is 0.324. The second kappa shape index (κ2) is 13.2. The van der Waals surface area contributed by atoms with Crippen molar-refractivity contribution in [3.63, 3.8) is 0 Å². The van der Waals surface area contributed by atoms with E-state index in [0.717, 1.165) is 28.0 Å². The zero-order valence-electron chi connectivity index (χ0n) is 25.6. The van der Waals surface area contributed by atoms with E-state index in [1.807, 2.05) is 24.3 Å². The predicted octanol–water partition coefficient (Wildman–Crippen LogP) is 4.10. The van der Waals surface area contributed by atoms with Crippen molar-refractivity contribution in [1.29, 1.82) is 0 Å². The predicted molar refractivity (Wildman–Crippen MR) is 178 cm³/mol. The molecule has 4 N–H and O–H groups in total. The van der Waals surface area contributed by atoms with E-state index in [0.29, 0.717) is 30.0 Å². The van der Waals surface area contributed by atoms with Crippen molar-refractivity contribution in [2.45, 2.75) is 45.5 Å². The Labute approximate surface area is 273 Å². The largest absolute Gasteiger partial charge is 0.508 e. The normalized spacial score (nSPS) is 23.2. The lowest BCUT2D eigenvalue weighted by molar-refractivity contribution is -0.122. The molecule has 0 unspecified atom stereocenters. The number of rotatable bonds is 8. The first-order valence-electron chi connectivity index (χ1n) is 15.5. The maximum absolute atomic E-state index is 14.1. The number of aromatic nitrogens is 1. The van der Waals surface area contributed by atoms with Crippen molar-refractivity contribution >= 4 is 60.5 Å². The van der Waals surface area contributed by atoms with Gasteiger partial charge >= 0.3 is 14.2 Å². The smallest absolute Gasteiger partial charge is 0.488 e. The number of fused-ring (bicyclic) bond motifs is 3. The minimum Gasteiger partial charge on any atom is -0.508 e. The Morgan fingerprint density at radius 1 is 1.11 bits per heavy atom. The first kappa shape index (κ1) is 32.2. The summed E-state index contributed by atoms with van der Waals surface area (Å²) in [5.74, 6) is -2.19. The third-order valence-electron chi connectivity index (χ3n) is 9.35. The maximum Gasteiger partial charge on any atom is 0.488 e. The third-order valence-corrected chi connectivity index (χ3v) is 9.68. The highest BCUT2D eigenvalue weighted by molar-refractivity contribution is 6.58. The van der Waals surface area contributed by atoms with Crippen LogP contribution in [0.2, 0.25) is 11.3 Å². The number of halogens is 1. The van der Waals surface area contributed by atoms with Crippen LogP contribution in [0.4, 0.5) is 5.69 Å². The summed E-state index contributed by atoms with van der Waals surface area (Å²) in [4.78, 5) is 33.7. The van der Waals surface area contributed by atoms with E-state index in [1.165, 1.54) is 23.1 Å². The van der Waals surface area contributed by atoms with E-state index in [2.05, 4.69) is 18.8 Å². The minimum atomic E-state index is -1.74. The van der Waals surface area contributed by atoms with Crippen molar-refractivity contribution in [3.05, 3.63) is 94.3 Å². The van der Waals surface area contributed by atoms with Crippen molar-refractivity contribution in [1.82, 2.24) is 4.98 Å². The summed E-state index contributed by atoms with van der Waals surface area (Å²) >= 11 is 6.45. The molecule has 2 aliphatic heterocycles. The van der Waals surface area contributed by atoms with E-state index in [9.17, 15) is 29.8 Å². The van der Waals surface area contributed by atoms with E-state index in [-0.39, 0.29) is 35.3 Å². The summed E-state index contributed by atoms with van der Waals surface area (Å²) in [6, 6.07) is 16.6. The quantitative estimate of drug-likeness (QED) is 0.164. The molecule has 6 rings (SSSR count). The Balaban J connectivity index is 1.34. The molecule has 0 bridgehead atoms. The van der Waals surface area contributed by atoms with E-state index >= 15 is 0 Å². The zero-order chi connectivity index (χ0) is 32.7. The van der Waals surface area contributed by atoms with Gasteiger partial charge in [0.25, 0.3) is 0 Å². The first-order valence-corrected chi connectivity index (χ1v) is 15.9. The van der Waals surface area contributed by atoms with Gasteiger partial charge in [0.1, 0.15) is 5.75 Å². The van der Waals surface area contributed by atoms with Gasteiger partial charge in [-0.1, -0.05) is 49.2 Å². The van der Waals surface area contributed by atoms with E-state index < -0.39 is 38.1 Å². The van der Waals surface area contributed by atoms with Gasteiger partial charge in [0.2, 0.25) is 11.8 Å². The summed E-state index contributed by atoms with van der Waals surface area (Å²) in [6.07, 6.45) is 4.73. The number of pyridine rings is 1. The molecule has 0 saturated carbocycles. The summed E-state index contributed by atoms with van der Waals surface area (Å²) in [6.45, 7) is 4.14. The number of benzene rings is 2. The highest BCUT2D eigenvalue weighted by Gasteiger charge is 2.57. The Morgan fingerprint density at radius 2 is 1.91 bits per heavy atom. The van der Waals surface area contributed by atoms with E-state index in [1.54, 1.807) is 30.5 Å². The molecule has 3 aromatic rings. The Hall–Kier alpha value is -3.73. The standard InChI is InChI=1S/C34H35B2ClN2O7/c1-19(2)25-17-26-32(34(42)39(33(26)41)23-7-5-6-22(15-23)36(44)45)27-18-35(43)46-30(31(25)27)12-10-21(29-8-3-4-13-38-29)14-20-9-11-24(40)16-28(20)37/h3-9,11,13-16,19,26-27,30,32,40,43-45H,10,12,17-18H2,1-2H3/b21-14-/t26-,27+,30-,32-/m1/s1. The number of carbonyl (C=O) groups is 2. The molecule has 0 spiro atoms. The van der Waals surface area contributed by atoms with Gasteiger partial charge in [-0.3, -0.25) is 19.5 Å². The monoisotopic (exact) mass is 640 g/mol. The summed E-state index contributed by atoms with van der Waals surface area (Å²) < 4.78 is 6.20. The molecule has 3 aliphatic rings. The van der Waals surface area contributed by atoms with Crippen LogP contribution in [-0.4, -0.2) is 57.3 Å². The Morgan fingerprint density at radius 3 is 2.61 bits per heavy atom. The molecule has 236 valence electrons. The number of phenolic OH excluding ortho intramolecular Hbond substituents is 1. The average Bonchev–Trinajstić information content (AvgIpc) is 3.29. The number of carbonyl (C=O) groups excluding carboxylic acids is 2. The van der Waals surface area contributed by atoms with Crippen LogP contribution in [0.1, 0.15) is 44.4 Å². The topological polar surface area (TPSA) is 140 Å². The summed E-state index contributed by atoms with van der Waals surface area (Å²) in [5.41, 5.74) is 4.88. The molecule has 0 radical (unpaired) electrons. The van der Waals surface area contributed by atoms with E-state index in [4.69, 9.17) is 16.3 Å². The molecule has 2 amide bonds. The van der Waals surface area contributed by atoms with Crippen molar-refractivity contribution in [2.24, 2.45) is 23.7 Å². The molecule has 9 nitrogen and oxygen atoms in total. The molecule has 3 heterocycles. The SMILES string of the molecule is CC(C)C1=C2[C@@H](CC/C(=C/c3ccc(O)cc3Cl)c3ccccn3)OB(O)C[C@@H]2[C@@H]2C(=O)N(c3cccc(B(O)O)c3)C(=O)[C@@H]2C1. The van der Waals surface area contributed by atoms with Crippen LogP contribution in [0.5, 0.6) is 5.75 Å². The number of amides is 2. The molecule has 1 aliphatic carbocycles. The second-order valence-electron chi connectivity index (χ2n) is 12.5. The van der Waals surface area contributed by atoms with Crippen molar-refractivity contribution in [2.75, 3.05) is 4.90 Å². The van der Waals surface area contributed by atoms with Gasteiger partial charge in [0, 0.05) is 6.20 Å². The lowest BCUT2D eigenvalue weighted by Gasteiger charge is -2.44. The zero-order valence-corrected chi connectivity index (χ0v) is 26.3. The number of allylic oxidation sites excluding steroid dienone is 2. The molecule has 4 atom stereocenters. The summed E-state index contributed by atoms with van der Waals surface area (Å²) in [5, 5.41) is 40.6. The second-order valence-corrected chi connectivity index (χ2v) is 12.9. The van der Waals surface area contributed by atoms with Crippen molar-refractivity contribution < 1.29 is 34.4 Å². The summed E-state index contributed by atoms with van der Waals surface area (Å²) in [7, 11) is -2.86. The van der Waals surface area contributed by atoms with Gasteiger partial charge < -0.3 is 24.8 Å². The van der Waals surface area contributed by atoms with Gasteiger partial charge in [-0.25, -0.2) is 0 Å². The number of imide groups is 1. The first-order chi connectivity index (χ1) is 22.0. The van der Waals surface area contributed by atoms with Crippen LogP contribution in [-0.2, 0) is 14.2 Å². The van der Waals surface area contributed by atoms with Gasteiger partial charge in [-0.2, -0.15) is 0 Å². The Kier molecular flexibility index (Phi) is 9.23.